The van der Waals surface area contributed by atoms with Gasteiger partial charge in [0.2, 0.25) is 5.91 Å². The van der Waals surface area contributed by atoms with Gasteiger partial charge in [-0.25, -0.2) is 9.37 Å². The Morgan fingerprint density at radius 3 is 2.52 bits per heavy atom. The Labute approximate surface area is 147 Å². The van der Waals surface area contributed by atoms with Crippen LogP contribution in [0.3, 0.4) is 0 Å². The van der Waals surface area contributed by atoms with Crippen LogP contribution in [0.1, 0.15) is 10.4 Å². The standard InChI is InChI=1S/C18H14FN3O2S/c19-14-9-5-4-8-13(14)17(24)20-10-16(23)22-18-21-15(11-25-18)12-6-2-1-3-7-12/h1-9,11H,10H2,(H,20,24)(H,21,22,23). The van der Waals surface area contributed by atoms with Gasteiger partial charge in [0.1, 0.15) is 5.82 Å². The van der Waals surface area contributed by atoms with Crippen LogP contribution in [0.15, 0.2) is 60.0 Å². The van der Waals surface area contributed by atoms with E-state index in [0.29, 0.717) is 5.13 Å². The highest BCUT2D eigenvalue weighted by molar-refractivity contribution is 7.14. The summed E-state index contributed by atoms with van der Waals surface area (Å²) in [6.45, 7) is -0.270. The lowest BCUT2D eigenvalue weighted by atomic mass is 10.2. The fraction of sp³-hybridized carbons (Fsp3) is 0.0556. The number of thiazole rings is 1. The Morgan fingerprint density at radius 1 is 1.04 bits per heavy atom. The molecule has 0 fully saturated rings. The van der Waals surface area contributed by atoms with Gasteiger partial charge in [-0.15, -0.1) is 11.3 Å². The van der Waals surface area contributed by atoms with Gasteiger partial charge in [-0.05, 0) is 12.1 Å². The first kappa shape index (κ1) is 16.8. The molecule has 1 aromatic heterocycles. The molecule has 0 atom stereocenters. The summed E-state index contributed by atoms with van der Waals surface area (Å²) in [5.41, 5.74) is 1.61. The first-order valence-corrected chi connectivity index (χ1v) is 8.35. The number of carbonyl (C=O) groups excluding carboxylic acids is 2. The van der Waals surface area contributed by atoms with Gasteiger partial charge < -0.3 is 10.6 Å². The van der Waals surface area contributed by atoms with Gasteiger partial charge in [0.05, 0.1) is 17.8 Å². The summed E-state index contributed by atoms with van der Waals surface area (Å²) in [7, 11) is 0. The zero-order chi connectivity index (χ0) is 17.6. The Balaban J connectivity index is 1.56. The Hall–Kier alpha value is -3.06. The van der Waals surface area contributed by atoms with Gasteiger partial charge in [0, 0.05) is 10.9 Å². The third kappa shape index (κ3) is 4.27. The van der Waals surface area contributed by atoms with E-state index in [1.807, 2.05) is 35.7 Å². The van der Waals surface area contributed by atoms with Crippen LogP contribution in [0.2, 0.25) is 0 Å². The molecule has 3 rings (SSSR count). The van der Waals surface area contributed by atoms with Crippen molar-refractivity contribution in [1.29, 1.82) is 0 Å². The normalized spacial score (nSPS) is 10.3. The minimum Gasteiger partial charge on any atom is -0.343 e. The number of rotatable bonds is 5. The van der Waals surface area contributed by atoms with Gasteiger partial charge in [-0.1, -0.05) is 42.5 Å². The molecular weight excluding hydrogens is 341 g/mol. The number of hydrogen-bond acceptors (Lipinski definition) is 4. The molecule has 3 aromatic rings. The summed E-state index contributed by atoms with van der Waals surface area (Å²) in [5, 5.41) is 7.27. The van der Waals surface area contributed by atoms with Crippen molar-refractivity contribution in [3.05, 3.63) is 71.4 Å². The van der Waals surface area contributed by atoms with E-state index in [0.717, 1.165) is 11.3 Å². The van der Waals surface area contributed by atoms with Crippen LogP contribution in [0.5, 0.6) is 0 Å². The van der Waals surface area contributed by atoms with Crippen molar-refractivity contribution in [1.82, 2.24) is 10.3 Å². The number of nitrogens with zero attached hydrogens (tertiary/aromatic N) is 1. The minimum atomic E-state index is -0.641. The average Bonchev–Trinajstić information content (AvgIpc) is 3.09. The highest BCUT2D eigenvalue weighted by atomic mass is 32.1. The molecule has 0 saturated heterocycles. The second-order valence-corrected chi connectivity index (χ2v) is 5.97. The van der Waals surface area contributed by atoms with Gasteiger partial charge in [0.15, 0.2) is 5.13 Å². The summed E-state index contributed by atoms with van der Waals surface area (Å²) in [6, 6.07) is 15.2. The number of carbonyl (C=O) groups is 2. The SMILES string of the molecule is O=C(CNC(=O)c1ccccc1F)Nc1nc(-c2ccccc2)cs1. The predicted molar refractivity (Wildman–Crippen MR) is 94.9 cm³/mol. The van der Waals surface area contributed by atoms with Crippen molar-refractivity contribution < 1.29 is 14.0 Å². The Bertz CT molecular complexity index is 896. The molecule has 0 saturated carbocycles. The van der Waals surface area contributed by atoms with E-state index in [4.69, 9.17) is 0 Å². The molecule has 126 valence electrons. The summed E-state index contributed by atoms with van der Waals surface area (Å²) in [6.07, 6.45) is 0. The zero-order valence-electron chi connectivity index (χ0n) is 13.0. The monoisotopic (exact) mass is 355 g/mol. The lowest BCUT2D eigenvalue weighted by Crippen LogP contribution is -2.33. The van der Waals surface area contributed by atoms with Gasteiger partial charge in [-0.3, -0.25) is 9.59 Å². The molecule has 0 aliphatic rings. The van der Waals surface area contributed by atoms with E-state index in [1.54, 1.807) is 6.07 Å². The van der Waals surface area contributed by atoms with Crippen LogP contribution >= 0.6 is 11.3 Å². The Morgan fingerprint density at radius 2 is 1.76 bits per heavy atom. The zero-order valence-corrected chi connectivity index (χ0v) is 13.8. The molecule has 5 nitrogen and oxygen atoms in total. The molecule has 2 amide bonds. The van der Waals surface area contributed by atoms with Crippen LogP contribution in [-0.2, 0) is 4.79 Å². The van der Waals surface area contributed by atoms with Crippen molar-refractivity contribution in [2.45, 2.75) is 0 Å². The van der Waals surface area contributed by atoms with Crippen LogP contribution in [-0.4, -0.2) is 23.3 Å². The average molecular weight is 355 g/mol. The van der Waals surface area contributed by atoms with Crippen LogP contribution in [0, 0.1) is 5.82 Å². The van der Waals surface area contributed by atoms with Crippen molar-refractivity contribution in [3.8, 4) is 11.3 Å². The molecule has 0 spiro atoms. The van der Waals surface area contributed by atoms with E-state index in [1.165, 1.54) is 29.5 Å². The van der Waals surface area contributed by atoms with Crippen molar-refractivity contribution >= 4 is 28.3 Å². The number of benzene rings is 2. The highest BCUT2D eigenvalue weighted by Crippen LogP contribution is 2.24. The Kier molecular flexibility index (Phi) is 5.15. The number of anilines is 1. The topological polar surface area (TPSA) is 71.1 Å². The van der Waals surface area contributed by atoms with Gasteiger partial charge >= 0.3 is 0 Å². The smallest absolute Gasteiger partial charge is 0.254 e. The maximum atomic E-state index is 13.5. The van der Waals surface area contributed by atoms with E-state index in [2.05, 4.69) is 15.6 Å². The largest absolute Gasteiger partial charge is 0.343 e. The summed E-state index contributed by atoms with van der Waals surface area (Å²) >= 11 is 1.29. The fourth-order valence-corrected chi connectivity index (χ4v) is 2.87. The molecular formula is C18H14FN3O2S. The second kappa shape index (κ2) is 7.67. The number of amides is 2. The van der Waals surface area contributed by atoms with Gasteiger partial charge in [0.25, 0.3) is 5.91 Å². The molecule has 0 unspecified atom stereocenters. The van der Waals surface area contributed by atoms with Gasteiger partial charge in [-0.2, -0.15) is 0 Å². The minimum absolute atomic E-state index is 0.101. The molecule has 1 heterocycles. The molecule has 2 aromatic carbocycles. The molecule has 0 aliphatic carbocycles. The van der Waals surface area contributed by atoms with Crippen molar-refractivity contribution in [2.24, 2.45) is 0 Å². The number of nitrogens with one attached hydrogen (secondary N) is 2. The number of hydrogen-bond donors (Lipinski definition) is 2. The number of aromatic nitrogens is 1. The summed E-state index contributed by atoms with van der Waals surface area (Å²) in [4.78, 5) is 28.1. The second-order valence-electron chi connectivity index (χ2n) is 5.11. The molecule has 25 heavy (non-hydrogen) atoms. The molecule has 7 heteroatoms. The maximum absolute atomic E-state index is 13.5. The van der Waals surface area contributed by atoms with Crippen molar-refractivity contribution in [3.63, 3.8) is 0 Å². The third-order valence-electron chi connectivity index (χ3n) is 3.35. The molecule has 2 N–H and O–H groups in total. The van der Waals surface area contributed by atoms with Crippen LogP contribution in [0.25, 0.3) is 11.3 Å². The first-order valence-electron chi connectivity index (χ1n) is 7.47. The third-order valence-corrected chi connectivity index (χ3v) is 4.11. The molecule has 0 radical (unpaired) electrons. The van der Waals surface area contributed by atoms with Crippen LogP contribution in [0.4, 0.5) is 9.52 Å². The van der Waals surface area contributed by atoms with E-state index >= 15 is 0 Å². The van der Waals surface area contributed by atoms with Crippen LogP contribution < -0.4 is 10.6 Å². The quantitative estimate of drug-likeness (QED) is 0.738. The van der Waals surface area contributed by atoms with E-state index in [9.17, 15) is 14.0 Å². The molecule has 0 aliphatic heterocycles. The first-order chi connectivity index (χ1) is 12.1. The van der Waals surface area contributed by atoms with Crippen molar-refractivity contribution in [2.75, 3.05) is 11.9 Å². The van der Waals surface area contributed by atoms with E-state index in [-0.39, 0.29) is 12.1 Å². The lowest BCUT2D eigenvalue weighted by molar-refractivity contribution is -0.115. The predicted octanol–water partition coefficient (Wildman–Crippen LogP) is 3.32. The molecule has 0 bridgehead atoms. The maximum Gasteiger partial charge on any atom is 0.254 e. The highest BCUT2D eigenvalue weighted by Gasteiger charge is 2.13. The van der Waals surface area contributed by atoms with E-state index < -0.39 is 17.6 Å². The number of halogens is 1. The summed E-state index contributed by atoms with van der Waals surface area (Å²) in [5.74, 6) is -1.70. The summed E-state index contributed by atoms with van der Waals surface area (Å²) < 4.78 is 13.5. The fourth-order valence-electron chi connectivity index (χ4n) is 2.14. The lowest BCUT2D eigenvalue weighted by Gasteiger charge is -2.05.